The van der Waals surface area contributed by atoms with Gasteiger partial charge in [-0.25, -0.2) is 22.2 Å². The lowest BCUT2D eigenvalue weighted by Gasteiger charge is -2.61. The van der Waals surface area contributed by atoms with Gasteiger partial charge in [0.15, 0.2) is 9.84 Å². The van der Waals surface area contributed by atoms with Gasteiger partial charge in [0, 0.05) is 44.1 Å². The van der Waals surface area contributed by atoms with Gasteiger partial charge in [-0.05, 0) is 62.0 Å². The molecule has 2 atom stereocenters. The lowest BCUT2D eigenvalue weighted by atomic mass is 9.50. The number of carbonyl (C=O) groups is 1. The minimum atomic E-state index is -3.07. The predicted molar refractivity (Wildman–Crippen MR) is 121 cm³/mol. The van der Waals surface area contributed by atoms with E-state index in [2.05, 4.69) is 10.3 Å². The molecule has 1 aromatic rings. The lowest BCUT2D eigenvalue weighted by molar-refractivity contribution is -0.137. The number of pyridine rings is 1. The topological polar surface area (TPSA) is 79.4 Å². The molecule has 2 unspecified atom stereocenters. The van der Waals surface area contributed by atoms with E-state index in [1.807, 2.05) is 0 Å². The van der Waals surface area contributed by atoms with Crippen molar-refractivity contribution in [3.63, 3.8) is 0 Å². The first-order valence-electron chi connectivity index (χ1n) is 12.2. The Balaban J connectivity index is 1.31. The number of rotatable bonds is 3. The maximum absolute atomic E-state index is 15.5. The van der Waals surface area contributed by atoms with Crippen LogP contribution in [-0.4, -0.2) is 65.7 Å². The largest absolute Gasteiger partial charge is 0.364 e. The molecule has 4 saturated carbocycles. The first-order chi connectivity index (χ1) is 15.6. The van der Waals surface area contributed by atoms with Crippen LogP contribution in [0.4, 0.5) is 14.6 Å². The Labute approximate surface area is 193 Å². The summed E-state index contributed by atoms with van der Waals surface area (Å²) in [5.41, 5.74) is -0.991. The number of alkyl halides is 2. The average molecular weight is 480 g/mol. The maximum atomic E-state index is 15.5. The highest BCUT2D eigenvalue weighted by molar-refractivity contribution is 7.91. The number of amides is 1. The third-order valence-electron chi connectivity index (χ3n) is 8.58. The summed E-state index contributed by atoms with van der Waals surface area (Å²) in [7, 11) is -3.07. The monoisotopic (exact) mass is 479 g/mol. The van der Waals surface area contributed by atoms with Crippen LogP contribution in [0.2, 0.25) is 0 Å². The summed E-state index contributed by atoms with van der Waals surface area (Å²) in [4.78, 5) is 19.5. The fourth-order valence-corrected chi connectivity index (χ4v) is 8.92. The molecule has 6 aliphatic rings. The summed E-state index contributed by atoms with van der Waals surface area (Å²) in [6.07, 6.45) is 7.44. The summed E-state index contributed by atoms with van der Waals surface area (Å²) in [6.45, 7) is 0.412. The van der Waals surface area contributed by atoms with E-state index in [0.29, 0.717) is 37.1 Å². The molecule has 1 aromatic heterocycles. The first-order valence-corrected chi connectivity index (χ1v) is 14.1. The zero-order chi connectivity index (χ0) is 23.1. The summed E-state index contributed by atoms with van der Waals surface area (Å²) in [6, 6.07) is 0. The van der Waals surface area contributed by atoms with Crippen molar-refractivity contribution in [2.24, 2.45) is 5.92 Å². The van der Waals surface area contributed by atoms with E-state index >= 15 is 8.78 Å². The van der Waals surface area contributed by atoms with Crippen molar-refractivity contribution >= 4 is 21.6 Å². The van der Waals surface area contributed by atoms with Crippen LogP contribution in [0, 0.1) is 5.92 Å². The molecule has 7 rings (SSSR count). The number of hydrogen-bond donors (Lipinski definition) is 1. The molecule has 9 heteroatoms. The lowest BCUT2D eigenvalue weighted by Crippen LogP contribution is -2.65. The van der Waals surface area contributed by atoms with Crippen LogP contribution in [0.3, 0.4) is 0 Å². The SMILES string of the molecule is O=C(c1cnc(NC23CC4CC(F)(CC(F)(C4)C2)C3)c2c1CCCC2)N1CCS(=O)(=O)CC1. The van der Waals surface area contributed by atoms with Crippen molar-refractivity contribution in [1.82, 2.24) is 9.88 Å². The van der Waals surface area contributed by atoms with Gasteiger partial charge in [-0.3, -0.25) is 4.79 Å². The molecule has 180 valence electrons. The molecule has 1 saturated heterocycles. The number of halogens is 2. The summed E-state index contributed by atoms with van der Waals surface area (Å²) in [5.74, 6) is 0.566. The zero-order valence-electron chi connectivity index (χ0n) is 18.8. The van der Waals surface area contributed by atoms with E-state index in [0.717, 1.165) is 43.2 Å². The number of aromatic nitrogens is 1. The van der Waals surface area contributed by atoms with Gasteiger partial charge in [-0.2, -0.15) is 0 Å². The standard InChI is InChI=1S/C24H31F2N3O3S/c25-22-9-16-10-23(26,13-22)15-24(11-16,14-22)28-20-18-4-2-1-3-17(18)19(12-27-20)21(30)29-5-7-33(31,32)8-6-29/h12,16H,1-11,13-15H2,(H,27,28). The molecule has 5 aliphatic carbocycles. The molecular weight excluding hydrogens is 448 g/mol. The molecule has 4 bridgehead atoms. The summed E-state index contributed by atoms with van der Waals surface area (Å²) in [5, 5.41) is 3.53. The van der Waals surface area contributed by atoms with Crippen molar-refractivity contribution < 1.29 is 22.0 Å². The number of sulfone groups is 1. The molecule has 0 spiro atoms. The van der Waals surface area contributed by atoms with Crippen LogP contribution in [0.1, 0.15) is 72.9 Å². The van der Waals surface area contributed by atoms with Crippen LogP contribution in [0.5, 0.6) is 0 Å². The first kappa shape index (κ1) is 21.7. The van der Waals surface area contributed by atoms with Gasteiger partial charge in [0.05, 0.1) is 17.1 Å². The summed E-state index contributed by atoms with van der Waals surface area (Å²) >= 11 is 0. The minimum Gasteiger partial charge on any atom is -0.364 e. The van der Waals surface area contributed by atoms with Crippen molar-refractivity contribution in [3.05, 3.63) is 22.9 Å². The molecular formula is C24H31F2N3O3S. The number of nitrogens with one attached hydrogen (secondary N) is 1. The van der Waals surface area contributed by atoms with Gasteiger partial charge in [0.25, 0.3) is 5.91 Å². The molecule has 6 nitrogen and oxygen atoms in total. The predicted octanol–water partition coefficient (Wildman–Crippen LogP) is 3.40. The third kappa shape index (κ3) is 3.74. The Morgan fingerprint density at radius 2 is 1.64 bits per heavy atom. The molecule has 0 aromatic carbocycles. The van der Waals surface area contributed by atoms with Gasteiger partial charge in [0.1, 0.15) is 17.2 Å². The molecule has 0 radical (unpaired) electrons. The van der Waals surface area contributed by atoms with E-state index in [-0.39, 0.29) is 42.8 Å². The van der Waals surface area contributed by atoms with Crippen molar-refractivity contribution in [2.45, 2.75) is 81.1 Å². The van der Waals surface area contributed by atoms with E-state index in [1.54, 1.807) is 11.1 Å². The Kier molecular flexibility index (Phi) is 4.69. The van der Waals surface area contributed by atoms with Gasteiger partial charge in [-0.15, -0.1) is 0 Å². The Hall–Kier alpha value is -1.77. The van der Waals surface area contributed by atoms with Gasteiger partial charge >= 0.3 is 0 Å². The van der Waals surface area contributed by atoms with Crippen LogP contribution in [0.15, 0.2) is 6.20 Å². The molecule has 2 heterocycles. The number of carbonyl (C=O) groups excluding carboxylic acids is 1. The molecule has 33 heavy (non-hydrogen) atoms. The minimum absolute atomic E-state index is 0.00630. The molecule has 5 fully saturated rings. The number of hydrogen-bond acceptors (Lipinski definition) is 5. The highest BCUT2D eigenvalue weighted by Gasteiger charge is 2.65. The van der Waals surface area contributed by atoms with Gasteiger partial charge in [-0.1, -0.05) is 0 Å². The quantitative estimate of drug-likeness (QED) is 0.719. The van der Waals surface area contributed by atoms with Crippen LogP contribution >= 0.6 is 0 Å². The van der Waals surface area contributed by atoms with Crippen molar-refractivity contribution in [1.29, 1.82) is 0 Å². The second-order valence-corrected chi connectivity index (χ2v) is 13.6. The molecule has 1 amide bonds. The fraction of sp³-hybridized carbons (Fsp3) is 0.750. The number of anilines is 1. The van der Waals surface area contributed by atoms with Crippen molar-refractivity contribution in [2.75, 3.05) is 29.9 Å². The zero-order valence-corrected chi connectivity index (χ0v) is 19.7. The Morgan fingerprint density at radius 1 is 1.00 bits per heavy atom. The van der Waals surface area contributed by atoms with E-state index < -0.39 is 26.7 Å². The summed E-state index contributed by atoms with van der Waals surface area (Å²) < 4.78 is 54.4. The van der Waals surface area contributed by atoms with Gasteiger partial charge in [0.2, 0.25) is 0 Å². The van der Waals surface area contributed by atoms with Gasteiger partial charge < -0.3 is 10.2 Å². The van der Waals surface area contributed by atoms with Crippen LogP contribution < -0.4 is 5.32 Å². The maximum Gasteiger partial charge on any atom is 0.255 e. The highest BCUT2D eigenvalue weighted by atomic mass is 32.2. The Bertz CT molecular complexity index is 1090. The normalized spacial score (nSPS) is 38.7. The van der Waals surface area contributed by atoms with E-state index in [9.17, 15) is 13.2 Å². The second kappa shape index (κ2) is 7.12. The van der Waals surface area contributed by atoms with E-state index in [4.69, 9.17) is 0 Å². The third-order valence-corrected chi connectivity index (χ3v) is 10.2. The van der Waals surface area contributed by atoms with E-state index in [1.165, 1.54) is 0 Å². The average Bonchev–Trinajstić information content (AvgIpc) is 2.71. The number of fused-ring (bicyclic) bond motifs is 1. The number of nitrogens with zero attached hydrogens (tertiary/aromatic N) is 2. The Morgan fingerprint density at radius 3 is 2.27 bits per heavy atom. The molecule has 1 N–H and O–H groups in total. The van der Waals surface area contributed by atoms with Crippen molar-refractivity contribution in [3.8, 4) is 0 Å². The highest BCUT2D eigenvalue weighted by Crippen LogP contribution is 2.62. The molecule has 1 aliphatic heterocycles. The smallest absolute Gasteiger partial charge is 0.255 e. The fourth-order valence-electron chi connectivity index (χ4n) is 7.72. The second-order valence-electron chi connectivity index (χ2n) is 11.3. The van der Waals surface area contributed by atoms with Crippen LogP contribution in [0.25, 0.3) is 0 Å². The van der Waals surface area contributed by atoms with Crippen LogP contribution in [-0.2, 0) is 22.7 Å².